The van der Waals surface area contributed by atoms with E-state index in [0.29, 0.717) is 0 Å². The molecule has 168 valence electrons. The van der Waals surface area contributed by atoms with Crippen molar-refractivity contribution >= 4 is 40.4 Å². The van der Waals surface area contributed by atoms with Crippen molar-refractivity contribution in [3.63, 3.8) is 0 Å². The Morgan fingerprint density at radius 3 is 2.54 bits per heavy atom. The van der Waals surface area contributed by atoms with E-state index in [9.17, 15) is 0 Å². The lowest BCUT2D eigenvalue weighted by Crippen LogP contribution is -2.61. The zero-order valence-electron chi connectivity index (χ0n) is 20.3. The van der Waals surface area contributed by atoms with Gasteiger partial charge in [-0.15, -0.1) is 0 Å². The van der Waals surface area contributed by atoms with Crippen LogP contribution in [0.5, 0.6) is 0 Å². The number of anilines is 4. The predicted molar refractivity (Wildman–Crippen MR) is 146 cm³/mol. The van der Waals surface area contributed by atoms with Crippen LogP contribution in [0, 0.1) is 0 Å². The average Bonchev–Trinajstić information content (AvgIpc) is 3.11. The van der Waals surface area contributed by atoms with Crippen LogP contribution >= 0.6 is 0 Å². The molecule has 2 nitrogen and oxygen atoms in total. The van der Waals surface area contributed by atoms with Crippen molar-refractivity contribution in [2.75, 3.05) is 9.80 Å². The number of benzene rings is 3. The highest BCUT2D eigenvalue weighted by Gasteiger charge is 2.61. The highest BCUT2D eigenvalue weighted by molar-refractivity contribution is 6.96. The summed E-state index contributed by atoms with van der Waals surface area (Å²) in [5.74, 6) is 0. The first-order valence-corrected chi connectivity index (χ1v) is 13.0. The summed E-state index contributed by atoms with van der Waals surface area (Å²) < 4.78 is 0. The normalized spacial score (nSPS) is 26.5. The molecule has 5 aliphatic rings. The molecule has 3 heteroatoms. The molecule has 0 N–H and O–H groups in total. The molecule has 2 atom stereocenters. The Kier molecular flexibility index (Phi) is 3.66. The molecule has 0 spiro atoms. The predicted octanol–water partition coefficient (Wildman–Crippen LogP) is 6.18. The number of allylic oxidation sites excluding steroid dienone is 3. The Bertz CT molecular complexity index is 1570. The van der Waals surface area contributed by atoms with Gasteiger partial charge in [-0.2, -0.15) is 0 Å². The number of fused-ring (bicyclic) bond motifs is 7. The fraction of sp³-hybridized carbons (Fsp3) is 0.250. The van der Waals surface area contributed by atoms with E-state index in [-0.39, 0.29) is 17.7 Å². The van der Waals surface area contributed by atoms with Crippen LogP contribution in [0.4, 0.5) is 22.7 Å². The maximum absolute atomic E-state index is 3.51. The number of nitrogens with zero attached hydrogens (tertiary/aromatic N) is 2. The van der Waals surface area contributed by atoms with Crippen LogP contribution in [0.15, 0.2) is 102 Å². The minimum atomic E-state index is 0.0816. The molecule has 3 aromatic carbocycles. The first-order valence-electron chi connectivity index (χ1n) is 13.0. The van der Waals surface area contributed by atoms with Gasteiger partial charge in [0.15, 0.2) is 0 Å². The summed E-state index contributed by atoms with van der Waals surface area (Å²) in [7, 11) is 0. The zero-order valence-corrected chi connectivity index (χ0v) is 20.3. The van der Waals surface area contributed by atoms with Gasteiger partial charge in [0, 0.05) is 28.2 Å². The Morgan fingerprint density at radius 1 is 0.857 bits per heavy atom. The van der Waals surface area contributed by atoms with Crippen LogP contribution in [0.2, 0.25) is 0 Å². The SMILES string of the molecule is CC12CCCCC1(C)N1c3cccc4c3B(C3=CC=C=C=C3N4c3ccccc3)c3cccc2c31. The van der Waals surface area contributed by atoms with Gasteiger partial charge in [0.05, 0.1) is 11.2 Å². The van der Waals surface area contributed by atoms with E-state index in [2.05, 4.69) is 108 Å². The third kappa shape index (κ3) is 2.20. The quantitative estimate of drug-likeness (QED) is 0.323. The van der Waals surface area contributed by atoms with Gasteiger partial charge < -0.3 is 9.80 Å². The first kappa shape index (κ1) is 19.6. The number of rotatable bonds is 1. The lowest BCUT2D eigenvalue weighted by molar-refractivity contribution is 0.195. The van der Waals surface area contributed by atoms with Gasteiger partial charge >= 0.3 is 0 Å². The average molecular weight is 450 g/mol. The fourth-order valence-electron chi connectivity index (χ4n) is 7.88. The maximum atomic E-state index is 3.51. The van der Waals surface area contributed by atoms with Gasteiger partial charge in [-0.1, -0.05) is 74.0 Å². The van der Waals surface area contributed by atoms with E-state index in [1.807, 2.05) is 6.08 Å². The molecule has 2 unspecified atom stereocenters. The van der Waals surface area contributed by atoms with E-state index in [1.54, 1.807) is 5.56 Å². The maximum Gasteiger partial charge on any atom is 0.253 e. The third-order valence-electron chi connectivity index (χ3n) is 9.66. The second-order valence-electron chi connectivity index (χ2n) is 11.1. The highest BCUT2D eigenvalue weighted by atomic mass is 15.3. The van der Waals surface area contributed by atoms with E-state index < -0.39 is 0 Å². The molecule has 0 saturated heterocycles. The van der Waals surface area contributed by atoms with Crippen molar-refractivity contribution in [2.45, 2.75) is 50.5 Å². The Morgan fingerprint density at radius 2 is 1.66 bits per heavy atom. The summed E-state index contributed by atoms with van der Waals surface area (Å²) in [4.78, 5) is 5.16. The van der Waals surface area contributed by atoms with Gasteiger partial charge in [0.1, 0.15) is 0 Å². The van der Waals surface area contributed by atoms with Crippen LogP contribution in [-0.4, -0.2) is 12.3 Å². The molecule has 35 heavy (non-hydrogen) atoms. The Labute approximate surface area is 207 Å². The Hall–Kier alpha value is -3.64. The molecule has 0 radical (unpaired) electrons. The molecule has 1 fully saturated rings. The van der Waals surface area contributed by atoms with E-state index in [4.69, 9.17) is 0 Å². The zero-order chi connectivity index (χ0) is 23.4. The molecule has 3 aromatic rings. The highest BCUT2D eigenvalue weighted by Crippen LogP contribution is 2.61. The summed E-state index contributed by atoms with van der Waals surface area (Å²) in [6, 6.07) is 24.8. The van der Waals surface area contributed by atoms with Gasteiger partial charge in [-0.3, -0.25) is 0 Å². The van der Waals surface area contributed by atoms with Crippen LogP contribution < -0.4 is 20.7 Å². The first-order chi connectivity index (χ1) is 17.1. The third-order valence-corrected chi connectivity index (χ3v) is 9.66. The monoisotopic (exact) mass is 450 g/mol. The second kappa shape index (κ2) is 6.52. The molecule has 3 heterocycles. The minimum absolute atomic E-state index is 0.0816. The summed E-state index contributed by atoms with van der Waals surface area (Å²) in [6.07, 6.45) is 9.41. The molecular formula is C32H27BN2. The van der Waals surface area contributed by atoms with Crippen molar-refractivity contribution in [3.8, 4) is 0 Å². The van der Waals surface area contributed by atoms with E-state index >= 15 is 0 Å². The standard InChI is InChI=1S/C32H27BN2/c1-31-20-8-9-21-32(31,2)35-28-19-11-18-27-29(28)33(25-16-10-14-23(31)30(25)35)24-15-6-7-17-26(24)34(27)22-12-4-3-5-13-22/h3-6,10-16,18-19H,8-9,20-21H2,1-2H3. The molecule has 0 bridgehead atoms. The van der Waals surface area contributed by atoms with Crippen molar-refractivity contribution in [1.82, 2.24) is 0 Å². The lowest BCUT2D eigenvalue weighted by Gasteiger charge is -2.52. The summed E-state index contributed by atoms with van der Waals surface area (Å²) in [6.45, 7) is 5.27. The van der Waals surface area contributed by atoms with Crippen molar-refractivity contribution in [3.05, 3.63) is 107 Å². The van der Waals surface area contributed by atoms with Crippen LogP contribution in [-0.2, 0) is 5.41 Å². The summed E-state index contributed by atoms with van der Waals surface area (Å²) >= 11 is 0. The fourth-order valence-corrected chi connectivity index (χ4v) is 7.88. The summed E-state index contributed by atoms with van der Waals surface area (Å²) in [5.41, 5.74) is 19.2. The summed E-state index contributed by atoms with van der Waals surface area (Å²) in [5, 5.41) is 0. The van der Waals surface area contributed by atoms with Gasteiger partial charge in [0.2, 0.25) is 0 Å². The van der Waals surface area contributed by atoms with Crippen LogP contribution in [0.25, 0.3) is 0 Å². The molecule has 1 saturated carbocycles. The molecule has 0 aromatic heterocycles. The molecule has 0 amide bonds. The molecule has 2 aliphatic carbocycles. The molecule has 3 aliphatic heterocycles. The lowest BCUT2D eigenvalue weighted by atomic mass is 9.32. The van der Waals surface area contributed by atoms with E-state index in [1.165, 1.54) is 64.8 Å². The van der Waals surface area contributed by atoms with Crippen molar-refractivity contribution in [2.24, 2.45) is 0 Å². The van der Waals surface area contributed by atoms with Crippen molar-refractivity contribution < 1.29 is 0 Å². The largest absolute Gasteiger partial charge is 0.335 e. The Balaban J connectivity index is 1.49. The minimum Gasteiger partial charge on any atom is -0.335 e. The second-order valence-corrected chi connectivity index (χ2v) is 11.1. The topological polar surface area (TPSA) is 6.48 Å². The van der Waals surface area contributed by atoms with Crippen molar-refractivity contribution in [1.29, 1.82) is 0 Å². The van der Waals surface area contributed by atoms with Crippen LogP contribution in [0.1, 0.15) is 45.1 Å². The number of hydrogen-bond donors (Lipinski definition) is 0. The van der Waals surface area contributed by atoms with Gasteiger partial charge in [-0.25, -0.2) is 0 Å². The number of hydrogen-bond acceptors (Lipinski definition) is 2. The van der Waals surface area contributed by atoms with Crippen LogP contribution in [0.3, 0.4) is 0 Å². The molecular weight excluding hydrogens is 423 g/mol. The number of para-hydroxylation sites is 2. The smallest absolute Gasteiger partial charge is 0.253 e. The van der Waals surface area contributed by atoms with E-state index in [0.717, 1.165) is 5.70 Å². The van der Waals surface area contributed by atoms with Gasteiger partial charge in [0.25, 0.3) is 6.71 Å². The van der Waals surface area contributed by atoms with Gasteiger partial charge in [-0.05, 0) is 77.8 Å². The molecule has 8 rings (SSSR count).